The minimum absolute atomic E-state index is 0. The van der Waals surface area contributed by atoms with Crippen molar-refractivity contribution in [3.05, 3.63) is 30.3 Å². The maximum Gasteiger partial charge on any atom is 0.194 e. The Bertz CT molecular complexity index is 700. The van der Waals surface area contributed by atoms with Crippen molar-refractivity contribution >= 4 is 29.9 Å². The van der Waals surface area contributed by atoms with Gasteiger partial charge in [0, 0.05) is 58.0 Å². The number of ether oxygens (including phenoxy) is 2. The summed E-state index contributed by atoms with van der Waals surface area (Å²) < 4.78 is 11.6. The van der Waals surface area contributed by atoms with E-state index in [2.05, 4.69) is 26.9 Å². The van der Waals surface area contributed by atoms with Crippen molar-refractivity contribution in [3.63, 3.8) is 0 Å². The Balaban J connectivity index is 0.00000306. The molecule has 3 heterocycles. The first kappa shape index (κ1) is 26.5. The van der Waals surface area contributed by atoms with Crippen LogP contribution in [0.15, 0.2) is 35.3 Å². The molecule has 1 N–H and O–H groups in total. The normalized spacial score (nSPS) is 22.1. The first-order chi connectivity index (χ1) is 15.8. The number of rotatable bonds is 8. The molecule has 1 aromatic carbocycles. The van der Waals surface area contributed by atoms with E-state index in [1.807, 2.05) is 30.3 Å². The largest absolute Gasteiger partial charge is 0.492 e. The number of likely N-dealkylation sites (tertiary alicyclic amines) is 1. The zero-order valence-electron chi connectivity index (χ0n) is 20.2. The van der Waals surface area contributed by atoms with Gasteiger partial charge in [-0.25, -0.2) is 0 Å². The smallest absolute Gasteiger partial charge is 0.194 e. The molecule has 33 heavy (non-hydrogen) atoms. The molecule has 0 aliphatic carbocycles. The van der Waals surface area contributed by atoms with E-state index in [1.165, 1.54) is 25.9 Å². The van der Waals surface area contributed by atoms with Crippen molar-refractivity contribution in [2.24, 2.45) is 4.99 Å². The van der Waals surface area contributed by atoms with E-state index < -0.39 is 0 Å². The molecule has 0 aromatic heterocycles. The molecule has 0 atom stereocenters. The maximum absolute atomic E-state index is 5.88. The second-order valence-electron chi connectivity index (χ2n) is 9.19. The summed E-state index contributed by atoms with van der Waals surface area (Å²) in [5.74, 6) is 2.03. The zero-order chi connectivity index (χ0) is 22.1. The summed E-state index contributed by atoms with van der Waals surface area (Å²) in [5.41, 5.74) is 0.187. The quantitative estimate of drug-likeness (QED) is 0.295. The van der Waals surface area contributed by atoms with E-state index in [0.717, 1.165) is 90.2 Å². The molecule has 3 aliphatic heterocycles. The molecular weight excluding hydrogens is 529 g/mol. The van der Waals surface area contributed by atoms with Crippen LogP contribution in [0.3, 0.4) is 0 Å². The van der Waals surface area contributed by atoms with Gasteiger partial charge in [-0.3, -0.25) is 14.8 Å². The lowest BCUT2D eigenvalue weighted by Gasteiger charge is -2.44. The van der Waals surface area contributed by atoms with Gasteiger partial charge in [0.25, 0.3) is 0 Å². The molecule has 7 nitrogen and oxygen atoms in total. The van der Waals surface area contributed by atoms with Gasteiger partial charge in [0.2, 0.25) is 0 Å². The maximum atomic E-state index is 5.88. The van der Waals surface area contributed by atoms with Crippen molar-refractivity contribution in [2.75, 3.05) is 78.7 Å². The van der Waals surface area contributed by atoms with Gasteiger partial charge < -0.3 is 19.7 Å². The number of nitrogens with one attached hydrogen (secondary N) is 1. The fraction of sp³-hybridized carbons (Fsp3) is 0.720. The van der Waals surface area contributed by atoms with Crippen LogP contribution in [0, 0.1) is 0 Å². The highest BCUT2D eigenvalue weighted by atomic mass is 127. The third-order valence-electron chi connectivity index (χ3n) is 7.15. The molecule has 0 saturated carbocycles. The van der Waals surface area contributed by atoms with Crippen molar-refractivity contribution < 1.29 is 9.47 Å². The molecule has 3 fully saturated rings. The number of hydrogen-bond donors (Lipinski definition) is 1. The summed E-state index contributed by atoms with van der Waals surface area (Å²) in [6, 6.07) is 10.1. The summed E-state index contributed by atoms with van der Waals surface area (Å²) in [4.78, 5) is 12.8. The summed E-state index contributed by atoms with van der Waals surface area (Å²) in [5, 5.41) is 3.56. The van der Waals surface area contributed by atoms with E-state index in [-0.39, 0.29) is 29.5 Å². The summed E-state index contributed by atoms with van der Waals surface area (Å²) in [6.45, 7) is 13.9. The Morgan fingerprint density at radius 2 is 1.73 bits per heavy atom. The number of hydrogen-bond acceptors (Lipinski definition) is 5. The number of nitrogens with zero attached hydrogens (tertiary/aromatic N) is 4. The van der Waals surface area contributed by atoms with Crippen molar-refractivity contribution in [1.82, 2.24) is 20.0 Å². The van der Waals surface area contributed by atoms with Crippen LogP contribution in [0.25, 0.3) is 0 Å². The Hall–Kier alpha value is -1.10. The van der Waals surface area contributed by atoms with Gasteiger partial charge in [0.1, 0.15) is 12.4 Å². The molecule has 186 valence electrons. The van der Waals surface area contributed by atoms with Crippen LogP contribution in [0.2, 0.25) is 0 Å². The number of para-hydroxylation sites is 1. The standard InChI is InChI=1S/C25H41N5O2.HI/c1-2-26-24(27-22-25(10-19-31-20-11-25)30-12-6-7-13-30)29-16-14-28(15-17-29)18-21-32-23-8-4-3-5-9-23;/h3-5,8-9H,2,6-7,10-22H2,1H3,(H,26,27);1H. The lowest BCUT2D eigenvalue weighted by molar-refractivity contribution is -0.0140. The fourth-order valence-electron chi connectivity index (χ4n) is 5.16. The highest BCUT2D eigenvalue weighted by molar-refractivity contribution is 14.0. The number of piperazine rings is 1. The monoisotopic (exact) mass is 571 g/mol. The molecule has 0 spiro atoms. The van der Waals surface area contributed by atoms with Gasteiger partial charge in [0.15, 0.2) is 5.96 Å². The minimum Gasteiger partial charge on any atom is -0.492 e. The zero-order valence-corrected chi connectivity index (χ0v) is 22.5. The molecule has 0 radical (unpaired) electrons. The predicted molar refractivity (Wildman–Crippen MR) is 145 cm³/mol. The van der Waals surface area contributed by atoms with Crippen molar-refractivity contribution in [1.29, 1.82) is 0 Å². The molecule has 4 rings (SSSR count). The Morgan fingerprint density at radius 3 is 2.39 bits per heavy atom. The van der Waals surface area contributed by atoms with E-state index in [0.29, 0.717) is 0 Å². The van der Waals surface area contributed by atoms with Crippen LogP contribution in [0.4, 0.5) is 0 Å². The van der Waals surface area contributed by atoms with E-state index in [1.54, 1.807) is 0 Å². The second-order valence-corrected chi connectivity index (χ2v) is 9.19. The molecule has 1 aromatic rings. The van der Waals surface area contributed by atoms with Crippen molar-refractivity contribution in [3.8, 4) is 5.75 Å². The van der Waals surface area contributed by atoms with Crippen LogP contribution in [-0.2, 0) is 4.74 Å². The number of halogens is 1. The molecule has 8 heteroatoms. The lowest BCUT2D eigenvalue weighted by Crippen LogP contribution is -2.55. The Kier molecular flexibility index (Phi) is 11.0. The Morgan fingerprint density at radius 1 is 1.03 bits per heavy atom. The molecule has 0 bridgehead atoms. The van der Waals surface area contributed by atoms with Gasteiger partial charge in [-0.1, -0.05) is 18.2 Å². The average Bonchev–Trinajstić information content (AvgIpc) is 3.40. The molecule has 3 saturated heterocycles. The third kappa shape index (κ3) is 7.44. The fourth-order valence-corrected chi connectivity index (χ4v) is 5.16. The Labute approximate surface area is 216 Å². The van der Waals surface area contributed by atoms with Crippen LogP contribution < -0.4 is 10.1 Å². The van der Waals surface area contributed by atoms with E-state index >= 15 is 0 Å². The average molecular weight is 572 g/mol. The molecule has 0 unspecified atom stereocenters. The topological polar surface area (TPSA) is 52.6 Å². The highest BCUT2D eigenvalue weighted by Crippen LogP contribution is 2.31. The number of benzene rings is 1. The van der Waals surface area contributed by atoms with E-state index in [4.69, 9.17) is 14.5 Å². The molecule has 0 amide bonds. The van der Waals surface area contributed by atoms with Gasteiger partial charge in [-0.15, -0.1) is 24.0 Å². The summed E-state index contributed by atoms with van der Waals surface area (Å²) >= 11 is 0. The number of guanidine groups is 1. The van der Waals surface area contributed by atoms with Crippen LogP contribution in [0.1, 0.15) is 32.6 Å². The van der Waals surface area contributed by atoms with Crippen LogP contribution >= 0.6 is 24.0 Å². The number of aliphatic imine (C=N–C) groups is 1. The first-order valence-electron chi connectivity index (χ1n) is 12.6. The SMILES string of the molecule is CCNC(=NCC1(N2CCCC2)CCOCC1)N1CCN(CCOc2ccccc2)CC1.I. The van der Waals surface area contributed by atoms with Gasteiger partial charge >= 0.3 is 0 Å². The summed E-state index contributed by atoms with van der Waals surface area (Å²) in [6.07, 6.45) is 4.85. The third-order valence-corrected chi connectivity index (χ3v) is 7.15. The second kappa shape index (κ2) is 13.7. The first-order valence-corrected chi connectivity index (χ1v) is 12.6. The van der Waals surface area contributed by atoms with E-state index in [9.17, 15) is 0 Å². The highest BCUT2D eigenvalue weighted by Gasteiger charge is 2.39. The molecule has 3 aliphatic rings. The summed E-state index contributed by atoms with van der Waals surface area (Å²) in [7, 11) is 0. The predicted octanol–water partition coefficient (Wildman–Crippen LogP) is 2.91. The lowest BCUT2D eigenvalue weighted by atomic mass is 9.88. The molecular formula is C25H42IN5O2. The minimum atomic E-state index is 0. The van der Waals surface area contributed by atoms with Crippen LogP contribution in [0.5, 0.6) is 5.75 Å². The van der Waals surface area contributed by atoms with Crippen molar-refractivity contribution in [2.45, 2.75) is 38.1 Å². The van der Waals surface area contributed by atoms with Gasteiger partial charge in [-0.05, 0) is 57.8 Å². The van der Waals surface area contributed by atoms with Gasteiger partial charge in [0.05, 0.1) is 6.54 Å². The van der Waals surface area contributed by atoms with Crippen LogP contribution in [-0.4, -0.2) is 105 Å². The van der Waals surface area contributed by atoms with Gasteiger partial charge in [-0.2, -0.15) is 0 Å².